The van der Waals surface area contributed by atoms with Gasteiger partial charge in [0.05, 0.1) is 10.5 Å². The predicted octanol–water partition coefficient (Wildman–Crippen LogP) is 3.96. The van der Waals surface area contributed by atoms with Crippen LogP contribution < -0.4 is 16.0 Å². The Bertz CT molecular complexity index is 730. The molecule has 0 aliphatic carbocycles. The lowest BCUT2D eigenvalue weighted by atomic mass is 9.93. The van der Waals surface area contributed by atoms with Crippen LogP contribution in [-0.2, 0) is 11.3 Å². The van der Waals surface area contributed by atoms with Crippen LogP contribution in [0, 0.1) is 10.1 Å². The standard InChI is InChI=1S/C20H33N5O4.HI/c1-7-20(8-2,24-18(26)29-19(3,4)5)14-23-17(21-6)22-13-15-10-9-11-16(12-15)25(27)28;/h9-12H,7-8,13-14H2,1-6H3,(H,24,26)(H2,21,22,23);1H. The van der Waals surface area contributed by atoms with Crippen molar-refractivity contribution in [3.8, 4) is 0 Å². The molecule has 1 amide bonds. The first-order valence-corrected chi connectivity index (χ1v) is 9.73. The fourth-order valence-electron chi connectivity index (χ4n) is 2.68. The fourth-order valence-corrected chi connectivity index (χ4v) is 2.68. The highest BCUT2D eigenvalue weighted by Gasteiger charge is 2.30. The molecule has 0 unspecified atom stereocenters. The number of carbonyl (C=O) groups excluding carboxylic acids is 1. The van der Waals surface area contributed by atoms with E-state index in [0.717, 1.165) is 5.56 Å². The number of nitro groups is 1. The summed E-state index contributed by atoms with van der Waals surface area (Å²) >= 11 is 0. The number of halogens is 1. The van der Waals surface area contributed by atoms with Gasteiger partial charge in [-0.3, -0.25) is 15.1 Å². The van der Waals surface area contributed by atoms with Crippen LogP contribution in [0.1, 0.15) is 53.0 Å². The summed E-state index contributed by atoms with van der Waals surface area (Å²) in [4.78, 5) is 26.9. The molecule has 0 saturated carbocycles. The number of ether oxygens (including phenoxy) is 1. The van der Waals surface area contributed by atoms with Gasteiger partial charge in [0.25, 0.3) is 5.69 Å². The topological polar surface area (TPSA) is 118 Å². The minimum absolute atomic E-state index is 0. The third kappa shape index (κ3) is 9.59. The van der Waals surface area contributed by atoms with Crippen molar-refractivity contribution in [3.63, 3.8) is 0 Å². The van der Waals surface area contributed by atoms with E-state index in [-0.39, 0.29) is 29.7 Å². The lowest BCUT2D eigenvalue weighted by Gasteiger charge is -2.34. The van der Waals surface area contributed by atoms with E-state index >= 15 is 0 Å². The molecule has 1 rings (SSSR count). The van der Waals surface area contributed by atoms with Crippen LogP contribution in [0.3, 0.4) is 0 Å². The molecule has 0 fully saturated rings. The summed E-state index contributed by atoms with van der Waals surface area (Å²) in [5.74, 6) is 0.536. The van der Waals surface area contributed by atoms with Crippen LogP contribution in [0.2, 0.25) is 0 Å². The van der Waals surface area contributed by atoms with Gasteiger partial charge in [-0.15, -0.1) is 24.0 Å². The first-order chi connectivity index (χ1) is 13.5. The molecule has 30 heavy (non-hydrogen) atoms. The largest absolute Gasteiger partial charge is 0.444 e. The minimum atomic E-state index is -0.569. The Morgan fingerprint density at radius 3 is 2.33 bits per heavy atom. The number of benzene rings is 1. The molecule has 9 nitrogen and oxygen atoms in total. The van der Waals surface area contributed by atoms with E-state index < -0.39 is 22.2 Å². The van der Waals surface area contributed by atoms with E-state index in [0.29, 0.717) is 31.9 Å². The van der Waals surface area contributed by atoms with Crippen LogP contribution in [0.5, 0.6) is 0 Å². The second-order valence-corrected chi connectivity index (χ2v) is 7.82. The third-order valence-electron chi connectivity index (χ3n) is 4.52. The lowest BCUT2D eigenvalue weighted by Crippen LogP contribution is -2.57. The van der Waals surface area contributed by atoms with Crippen molar-refractivity contribution in [2.75, 3.05) is 13.6 Å². The normalized spacial score (nSPS) is 11.9. The van der Waals surface area contributed by atoms with E-state index in [2.05, 4.69) is 20.9 Å². The summed E-state index contributed by atoms with van der Waals surface area (Å²) in [5.41, 5.74) is -0.248. The molecule has 1 aromatic rings. The Kier molecular flexibility index (Phi) is 11.7. The molecule has 170 valence electrons. The molecule has 0 atom stereocenters. The number of carbonyl (C=O) groups is 1. The first kappa shape index (κ1) is 27.9. The van der Waals surface area contributed by atoms with Gasteiger partial charge in [0.15, 0.2) is 5.96 Å². The lowest BCUT2D eigenvalue weighted by molar-refractivity contribution is -0.384. The average Bonchev–Trinajstić information content (AvgIpc) is 2.65. The summed E-state index contributed by atoms with van der Waals surface area (Å²) in [6, 6.07) is 6.43. The van der Waals surface area contributed by atoms with Crippen molar-refractivity contribution < 1.29 is 14.5 Å². The predicted molar refractivity (Wildman–Crippen MR) is 129 cm³/mol. The van der Waals surface area contributed by atoms with E-state index in [1.54, 1.807) is 19.2 Å². The molecule has 0 bridgehead atoms. The number of hydrogen-bond donors (Lipinski definition) is 3. The van der Waals surface area contributed by atoms with Crippen LogP contribution in [0.25, 0.3) is 0 Å². The molecule has 0 saturated heterocycles. The minimum Gasteiger partial charge on any atom is -0.444 e. The first-order valence-electron chi connectivity index (χ1n) is 9.73. The number of guanidine groups is 1. The van der Waals surface area contributed by atoms with Crippen LogP contribution in [0.4, 0.5) is 10.5 Å². The zero-order valence-electron chi connectivity index (χ0n) is 18.6. The summed E-state index contributed by atoms with van der Waals surface area (Å²) in [5, 5.41) is 20.2. The number of amides is 1. The van der Waals surface area contributed by atoms with Gasteiger partial charge < -0.3 is 20.7 Å². The molecule has 1 aromatic carbocycles. The molecule has 0 spiro atoms. The number of aliphatic imine (C=N–C) groups is 1. The number of nitrogens with zero attached hydrogens (tertiary/aromatic N) is 2. The molecular weight excluding hydrogens is 501 g/mol. The summed E-state index contributed by atoms with van der Waals surface area (Å²) in [7, 11) is 1.64. The number of non-ortho nitro benzene ring substituents is 1. The van der Waals surface area contributed by atoms with Gasteiger partial charge in [-0.2, -0.15) is 0 Å². The van der Waals surface area contributed by atoms with Gasteiger partial charge in [0, 0.05) is 32.3 Å². The second-order valence-electron chi connectivity index (χ2n) is 7.82. The van der Waals surface area contributed by atoms with Gasteiger partial charge in [0.1, 0.15) is 5.60 Å². The number of rotatable bonds is 8. The van der Waals surface area contributed by atoms with E-state index in [4.69, 9.17) is 4.74 Å². The molecule has 0 aliphatic rings. The van der Waals surface area contributed by atoms with Crippen molar-refractivity contribution in [1.29, 1.82) is 0 Å². The Balaban J connectivity index is 0.00000841. The Labute approximate surface area is 195 Å². The molecule has 0 aromatic heterocycles. The second kappa shape index (κ2) is 12.6. The highest BCUT2D eigenvalue weighted by molar-refractivity contribution is 14.0. The molecule has 3 N–H and O–H groups in total. The Morgan fingerprint density at radius 1 is 1.20 bits per heavy atom. The zero-order valence-corrected chi connectivity index (χ0v) is 20.9. The van der Waals surface area contributed by atoms with E-state index in [9.17, 15) is 14.9 Å². The zero-order chi connectivity index (χ0) is 22.1. The highest BCUT2D eigenvalue weighted by atomic mass is 127. The van der Waals surface area contributed by atoms with Crippen LogP contribution in [0.15, 0.2) is 29.3 Å². The fraction of sp³-hybridized carbons (Fsp3) is 0.600. The molecule has 0 radical (unpaired) electrons. The average molecular weight is 535 g/mol. The molecule has 0 aliphatic heterocycles. The number of alkyl carbamates (subject to hydrolysis) is 1. The van der Waals surface area contributed by atoms with Crippen molar-refractivity contribution in [2.45, 2.75) is 65.1 Å². The smallest absolute Gasteiger partial charge is 0.408 e. The van der Waals surface area contributed by atoms with Crippen molar-refractivity contribution >= 4 is 41.7 Å². The van der Waals surface area contributed by atoms with Crippen LogP contribution >= 0.6 is 24.0 Å². The summed E-state index contributed by atoms with van der Waals surface area (Å²) in [6.07, 6.45) is 0.956. The summed E-state index contributed by atoms with van der Waals surface area (Å²) < 4.78 is 5.39. The monoisotopic (exact) mass is 535 g/mol. The van der Waals surface area contributed by atoms with Crippen molar-refractivity contribution in [3.05, 3.63) is 39.9 Å². The van der Waals surface area contributed by atoms with Gasteiger partial charge >= 0.3 is 6.09 Å². The maximum atomic E-state index is 12.2. The third-order valence-corrected chi connectivity index (χ3v) is 4.52. The van der Waals surface area contributed by atoms with E-state index in [1.165, 1.54) is 12.1 Å². The molecule has 0 heterocycles. The number of nitrogens with one attached hydrogen (secondary N) is 3. The molecular formula is C20H34IN5O4. The van der Waals surface area contributed by atoms with E-state index in [1.807, 2.05) is 34.6 Å². The van der Waals surface area contributed by atoms with Gasteiger partial charge in [0.2, 0.25) is 0 Å². The van der Waals surface area contributed by atoms with Gasteiger partial charge in [-0.25, -0.2) is 4.79 Å². The van der Waals surface area contributed by atoms with Crippen molar-refractivity contribution in [1.82, 2.24) is 16.0 Å². The molecule has 10 heteroatoms. The Morgan fingerprint density at radius 2 is 1.83 bits per heavy atom. The van der Waals surface area contributed by atoms with Gasteiger partial charge in [-0.1, -0.05) is 26.0 Å². The highest BCUT2D eigenvalue weighted by Crippen LogP contribution is 2.16. The number of nitro benzene ring substituents is 1. The number of hydrogen-bond acceptors (Lipinski definition) is 5. The quantitative estimate of drug-likeness (QED) is 0.153. The maximum Gasteiger partial charge on any atom is 0.408 e. The van der Waals surface area contributed by atoms with Gasteiger partial charge in [-0.05, 0) is 39.2 Å². The SMILES string of the molecule is CCC(CC)(CNC(=NC)NCc1cccc([N+](=O)[O-])c1)NC(=O)OC(C)(C)C.I. The maximum absolute atomic E-state index is 12.2. The van der Waals surface area contributed by atoms with Crippen LogP contribution in [-0.4, -0.2) is 41.7 Å². The summed E-state index contributed by atoms with van der Waals surface area (Å²) in [6.45, 7) is 10.3. The Hall–Kier alpha value is -2.11. The van der Waals surface area contributed by atoms with Crippen molar-refractivity contribution in [2.24, 2.45) is 4.99 Å².